The monoisotopic (exact) mass is 368 g/mol. The molecule has 1 unspecified atom stereocenters. The number of fused-ring (bicyclic) bond motifs is 1. The Bertz CT molecular complexity index is 797. The van der Waals surface area contributed by atoms with Gasteiger partial charge in [-0.1, -0.05) is 20.8 Å². The lowest BCUT2D eigenvalue weighted by Crippen LogP contribution is -2.42. The van der Waals surface area contributed by atoms with Gasteiger partial charge in [0.1, 0.15) is 18.0 Å². The summed E-state index contributed by atoms with van der Waals surface area (Å²) in [7, 11) is -2.01. The zero-order valence-electron chi connectivity index (χ0n) is 16.2. The maximum absolute atomic E-state index is 14.8. The maximum atomic E-state index is 14.8. The van der Waals surface area contributed by atoms with E-state index in [0.29, 0.717) is 11.2 Å². The van der Waals surface area contributed by atoms with Crippen molar-refractivity contribution in [2.45, 2.75) is 63.8 Å². The Balaban J connectivity index is 1.78. The van der Waals surface area contributed by atoms with Gasteiger partial charge in [-0.15, -0.1) is 0 Å². The number of aromatic nitrogens is 4. The molecule has 0 spiro atoms. The summed E-state index contributed by atoms with van der Waals surface area (Å²) in [5, 5.41) is 0.0344. The third-order valence-corrected chi connectivity index (χ3v) is 9.56. The van der Waals surface area contributed by atoms with Gasteiger partial charge in [-0.2, -0.15) is 0 Å². The second kappa shape index (κ2) is 6.29. The van der Waals surface area contributed by atoms with Crippen molar-refractivity contribution in [2.75, 3.05) is 12.3 Å². The molecule has 1 aliphatic heterocycles. The number of rotatable bonds is 4. The van der Waals surface area contributed by atoms with E-state index in [1.54, 1.807) is 0 Å². The fraction of sp³-hybridized carbons (Fsp3) is 0.688. The van der Waals surface area contributed by atoms with Crippen molar-refractivity contribution >= 4 is 25.3 Å². The van der Waals surface area contributed by atoms with Crippen LogP contribution in [0.25, 0.3) is 11.2 Å². The van der Waals surface area contributed by atoms with Crippen molar-refractivity contribution in [2.24, 2.45) is 0 Å². The Morgan fingerprint density at radius 1 is 1.44 bits per heavy atom. The average molecular weight is 369 g/mol. The lowest BCUT2D eigenvalue weighted by atomic mass is 10.2. The molecule has 138 valence electrons. The number of imidazole rings is 1. The van der Waals surface area contributed by atoms with E-state index in [2.05, 4.69) is 48.8 Å². The van der Waals surface area contributed by atoms with Gasteiger partial charge in [-0.3, -0.25) is 4.57 Å². The molecule has 2 aromatic rings. The zero-order chi connectivity index (χ0) is 19.3. The van der Waals surface area contributed by atoms with E-state index in [4.69, 9.17) is 16.3 Å². The third kappa shape index (κ3) is 3.40. The summed E-state index contributed by atoms with van der Waals surface area (Å²) >= 11 is 0. The molecule has 1 aliphatic rings. The Morgan fingerprint density at radius 3 is 2.84 bits per heavy atom. The summed E-state index contributed by atoms with van der Waals surface area (Å²) in [4.78, 5) is 12.2. The van der Waals surface area contributed by atoms with E-state index in [1.807, 2.05) is 0 Å². The van der Waals surface area contributed by atoms with Crippen LogP contribution in [0.15, 0.2) is 12.7 Å². The second-order valence-corrected chi connectivity index (χ2v) is 12.7. The van der Waals surface area contributed by atoms with Crippen molar-refractivity contribution in [1.29, 1.82) is 0 Å². The van der Waals surface area contributed by atoms with Gasteiger partial charge in [0, 0.05) is 7.77 Å². The fourth-order valence-electron chi connectivity index (χ4n) is 2.48. The Labute approximate surface area is 149 Å². The first-order valence-corrected chi connectivity index (χ1v) is 11.2. The molecule has 0 saturated carbocycles. The molecule has 9 heteroatoms. The predicted octanol–water partition coefficient (Wildman–Crippen LogP) is 3.06. The highest BCUT2D eigenvalue weighted by Gasteiger charge is 2.41. The van der Waals surface area contributed by atoms with Gasteiger partial charge >= 0.3 is 0 Å². The van der Waals surface area contributed by atoms with Crippen LogP contribution in [0.3, 0.4) is 0 Å². The molecule has 0 bridgehead atoms. The topological polar surface area (TPSA) is 88.1 Å². The molecule has 0 radical (unpaired) electrons. The summed E-state index contributed by atoms with van der Waals surface area (Å²) in [5.74, 6) is 0.224. The summed E-state index contributed by atoms with van der Waals surface area (Å²) in [6.45, 7) is 10.8. The number of nitrogens with zero attached hydrogens (tertiary/aromatic N) is 4. The molecule has 25 heavy (non-hydrogen) atoms. The van der Waals surface area contributed by atoms with Crippen molar-refractivity contribution in [3.8, 4) is 0 Å². The molecule has 2 aromatic heterocycles. The van der Waals surface area contributed by atoms with Crippen LogP contribution in [0.4, 0.5) is 10.2 Å². The van der Waals surface area contributed by atoms with Crippen molar-refractivity contribution in [1.82, 2.24) is 19.5 Å². The number of halogens is 1. The van der Waals surface area contributed by atoms with Crippen molar-refractivity contribution in [3.63, 3.8) is 0 Å². The Kier molecular flexibility index (Phi) is 4.25. The largest absolute Gasteiger partial charge is 0.414 e. The van der Waals surface area contributed by atoms with Crippen molar-refractivity contribution in [3.05, 3.63) is 12.7 Å². The quantitative estimate of drug-likeness (QED) is 0.835. The third-order valence-electron chi connectivity index (χ3n) is 5.06. The van der Waals surface area contributed by atoms with Crippen LogP contribution in [0.5, 0.6) is 0 Å². The molecular formula is C16H26FN5O2Si. The van der Waals surface area contributed by atoms with Gasteiger partial charge in [0.25, 0.3) is 0 Å². The Morgan fingerprint density at radius 2 is 2.16 bits per heavy atom. The smallest absolute Gasteiger partial charge is 0.192 e. The number of alkyl halides is 1. The number of ether oxygens (including phenoxy) is 1. The van der Waals surface area contributed by atoms with Crippen LogP contribution in [-0.4, -0.2) is 46.7 Å². The molecule has 4 atom stereocenters. The first-order valence-electron chi connectivity index (χ1n) is 8.89. The molecule has 0 aromatic carbocycles. The van der Waals surface area contributed by atoms with Gasteiger partial charge in [-0.25, -0.2) is 19.3 Å². The minimum absolute atomic E-state index is 0.0344. The van der Waals surface area contributed by atoms with Crippen molar-refractivity contribution < 1.29 is 14.9 Å². The number of nitrogens with two attached hydrogens (primary N) is 1. The molecule has 1 saturated heterocycles. The van der Waals surface area contributed by atoms with E-state index in [0.717, 1.165) is 0 Å². The van der Waals surface area contributed by atoms with Gasteiger partial charge < -0.3 is 14.9 Å². The van der Waals surface area contributed by atoms with Crippen LogP contribution in [-0.2, 0) is 9.16 Å². The Hall–Kier alpha value is -1.58. The maximum Gasteiger partial charge on any atom is 0.192 e. The fourth-order valence-corrected chi connectivity index (χ4v) is 3.49. The molecule has 3 rings (SSSR count). The van der Waals surface area contributed by atoms with Gasteiger partial charge in [0.05, 0.1) is 19.0 Å². The van der Waals surface area contributed by atoms with E-state index < -0.39 is 33.2 Å². The highest BCUT2D eigenvalue weighted by molar-refractivity contribution is 6.74. The van der Waals surface area contributed by atoms with Gasteiger partial charge in [-0.05, 0) is 18.1 Å². The number of anilines is 1. The van der Waals surface area contributed by atoms with Crippen LogP contribution >= 0.6 is 0 Å². The first-order chi connectivity index (χ1) is 12.0. The molecule has 0 aliphatic carbocycles. The summed E-state index contributed by atoms with van der Waals surface area (Å²) in [6, 6.07) is 0. The standard InChI is InChI=1S/C16H26FN5O2Si/c1-16(2,3)25(4,5)23-7-10-6-11(17)15(24-10)22-9-21-12-13(18)19-8-20-14(12)22/h8-11,15H,6-7H2,1-5H3,(H2,18,19,20)/t10-,11-,15+/m0/s1/i6D/t6?,10-,11-,15+. The summed E-state index contributed by atoms with van der Waals surface area (Å²) < 4.78 is 36.4. The zero-order valence-corrected chi connectivity index (χ0v) is 16.2. The molecular weight excluding hydrogens is 341 g/mol. The number of hydrogen-bond donors (Lipinski definition) is 1. The highest BCUT2D eigenvalue weighted by Crippen LogP contribution is 2.38. The average Bonchev–Trinajstić information content (AvgIpc) is 3.08. The molecule has 1 fully saturated rings. The minimum Gasteiger partial charge on any atom is -0.414 e. The normalized spacial score (nSPS) is 28.5. The lowest BCUT2D eigenvalue weighted by Gasteiger charge is -2.36. The van der Waals surface area contributed by atoms with E-state index in [1.165, 1.54) is 17.2 Å². The number of hydrogen-bond acceptors (Lipinski definition) is 6. The predicted molar refractivity (Wildman–Crippen MR) is 96.3 cm³/mol. The molecule has 3 heterocycles. The van der Waals surface area contributed by atoms with Gasteiger partial charge in [0.15, 0.2) is 26.0 Å². The molecule has 7 nitrogen and oxygen atoms in total. The van der Waals surface area contributed by atoms with Crippen LogP contribution in [0.1, 0.15) is 34.8 Å². The molecule has 2 N–H and O–H groups in total. The van der Waals surface area contributed by atoms with Crippen LogP contribution in [0, 0.1) is 0 Å². The second-order valence-electron chi connectivity index (χ2n) is 7.86. The summed E-state index contributed by atoms with van der Waals surface area (Å²) in [5.41, 5.74) is 6.57. The van der Waals surface area contributed by atoms with E-state index >= 15 is 0 Å². The number of nitrogen functional groups attached to an aromatic ring is 1. The summed E-state index contributed by atoms with van der Waals surface area (Å²) in [6.07, 6.45) is -1.46. The first kappa shape index (κ1) is 16.9. The van der Waals surface area contributed by atoms with Gasteiger partial charge in [0.2, 0.25) is 0 Å². The molecule has 0 amide bonds. The minimum atomic E-state index is -2.01. The lowest BCUT2D eigenvalue weighted by molar-refractivity contribution is -0.0331. The highest BCUT2D eigenvalue weighted by atomic mass is 28.4. The van der Waals surface area contributed by atoms with E-state index in [-0.39, 0.29) is 17.5 Å². The van der Waals surface area contributed by atoms with E-state index in [9.17, 15) is 4.39 Å². The SMILES string of the molecule is [2H]C1[C@@H](CO[Si](C)(C)C(C)(C)C)O[C@@H](n2cnc3c(N)ncnc32)[C@H]1F. The van der Waals surface area contributed by atoms with Crippen LogP contribution in [0.2, 0.25) is 18.1 Å². The van der Waals surface area contributed by atoms with Crippen LogP contribution < -0.4 is 5.73 Å².